The maximum Gasteiger partial charge on any atom is 0.0762 e. The summed E-state index contributed by atoms with van der Waals surface area (Å²) in [4.78, 5) is 0. The highest BCUT2D eigenvalue weighted by molar-refractivity contribution is 5.28. The fourth-order valence-electron chi connectivity index (χ4n) is 3.37. The molecule has 0 amide bonds. The first-order chi connectivity index (χ1) is 8.88. The van der Waals surface area contributed by atoms with Gasteiger partial charge in [0.1, 0.15) is 0 Å². The first-order valence-corrected chi connectivity index (χ1v) is 7.66. The summed E-state index contributed by atoms with van der Waals surface area (Å²) in [7, 11) is 0. The standard InChI is InChI=1S/C18H28O/c1-13(19)15-6-5-7-16(12-15)14-8-10-17(11-9-14)18(2,3)4/h5-7,12-14,17,19H,8-11H2,1-4H3. The van der Waals surface area contributed by atoms with Crippen molar-refractivity contribution in [2.45, 2.75) is 65.4 Å². The fourth-order valence-corrected chi connectivity index (χ4v) is 3.37. The second-order valence-electron chi connectivity index (χ2n) is 7.26. The largest absolute Gasteiger partial charge is 0.389 e. The van der Waals surface area contributed by atoms with E-state index in [1.807, 2.05) is 13.0 Å². The van der Waals surface area contributed by atoms with Crippen molar-refractivity contribution in [1.29, 1.82) is 0 Å². The first kappa shape index (κ1) is 14.6. The molecule has 2 rings (SSSR count). The van der Waals surface area contributed by atoms with E-state index in [0.29, 0.717) is 11.3 Å². The Bertz CT molecular complexity index is 406. The first-order valence-electron chi connectivity index (χ1n) is 7.66. The Kier molecular flexibility index (Phi) is 4.35. The van der Waals surface area contributed by atoms with Gasteiger partial charge in [-0.05, 0) is 61.0 Å². The van der Waals surface area contributed by atoms with Crippen LogP contribution in [-0.4, -0.2) is 5.11 Å². The molecule has 1 aromatic carbocycles. The normalized spacial score (nSPS) is 26.2. The summed E-state index contributed by atoms with van der Waals surface area (Å²) in [6, 6.07) is 8.54. The van der Waals surface area contributed by atoms with Gasteiger partial charge in [-0.3, -0.25) is 0 Å². The summed E-state index contributed by atoms with van der Waals surface area (Å²) in [5.41, 5.74) is 2.92. The average molecular weight is 260 g/mol. The van der Waals surface area contributed by atoms with Gasteiger partial charge in [-0.15, -0.1) is 0 Å². The van der Waals surface area contributed by atoms with Gasteiger partial charge in [0.2, 0.25) is 0 Å². The lowest BCUT2D eigenvalue weighted by Gasteiger charge is -2.37. The molecule has 106 valence electrons. The smallest absolute Gasteiger partial charge is 0.0762 e. The maximum absolute atomic E-state index is 9.70. The highest BCUT2D eigenvalue weighted by atomic mass is 16.3. The van der Waals surface area contributed by atoms with Crippen molar-refractivity contribution in [2.75, 3.05) is 0 Å². The van der Waals surface area contributed by atoms with Crippen LogP contribution in [0.1, 0.15) is 76.5 Å². The Morgan fingerprint density at radius 2 is 1.74 bits per heavy atom. The number of rotatable bonds is 2. The SMILES string of the molecule is CC(O)c1cccc(C2CCC(C(C)(C)C)CC2)c1. The van der Waals surface area contributed by atoms with E-state index in [1.165, 1.54) is 31.2 Å². The van der Waals surface area contributed by atoms with E-state index in [1.54, 1.807) is 0 Å². The van der Waals surface area contributed by atoms with Gasteiger partial charge < -0.3 is 5.11 Å². The maximum atomic E-state index is 9.70. The van der Waals surface area contributed by atoms with E-state index in [2.05, 4.69) is 39.0 Å². The van der Waals surface area contributed by atoms with Crippen LogP contribution in [0.25, 0.3) is 0 Å². The van der Waals surface area contributed by atoms with Gasteiger partial charge in [0, 0.05) is 0 Å². The molecule has 0 aromatic heterocycles. The Morgan fingerprint density at radius 1 is 1.11 bits per heavy atom. The molecule has 19 heavy (non-hydrogen) atoms. The van der Waals surface area contributed by atoms with E-state index < -0.39 is 0 Å². The van der Waals surface area contributed by atoms with Gasteiger partial charge in [0.25, 0.3) is 0 Å². The lowest BCUT2D eigenvalue weighted by molar-refractivity contribution is 0.169. The van der Waals surface area contributed by atoms with Crippen LogP contribution in [0.4, 0.5) is 0 Å². The Balaban J connectivity index is 2.03. The van der Waals surface area contributed by atoms with Crippen molar-refractivity contribution in [3.8, 4) is 0 Å². The van der Waals surface area contributed by atoms with E-state index in [-0.39, 0.29) is 6.10 Å². The molecule has 0 heterocycles. The van der Waals surface area contributed by atoms with Gasteiger partial charge >= 0.3 is 0 Å². The van der Waals surface area contributed by atoms with Crippen molar-refractivity contribution in [3.05, 3.63) is 35.4 Å². The van der Waals surface area contributed by atoms with Gasteiger partial charge in [-0.2, -0.15) is 0 Å². The predicted molar refractivity (Wildman–Crippen MR) is 81.2 cm³/mol. The minimum absolute atomic E-state index is 0.356. The zero-order valence-corrected chi connectivity index (χ0v) is 12.8. The van der Waals surface area contributed by atoms with Crippen molar-refractivity contribution in [3.63, 3.8) is 0 Å². The minimum atomic E-state index is -0.356. The zero-order valence-electron chi connectivity index (χ0n) is 12.8. The second-order valence-corrected chi connectivity index (χ2v) is 7.26. The summed E-state index contributed by atoms with van der Waals surface area (Å²) >= 11 is 0. The van der Waals surface area contributed by atoms with Crippen LogP contribution >= 0.6 is 0 Å². The van der Waals surface area contributed by atoms with Crippen LogP contribution in [-0.2, 0) is 0 Å². The summed E-state index contributed by atoms with van der Waals surface area (Å²) in [6.07, 6.45) is 4.92. The third-order valence-electron chi connectivity index (χ3n) is 4.82. The third-order valence-corrected chi connectivity index (χ3v) is 4.82. The Morgan fingerprint density at radius 3 is 2.26 bits per heavy atom. The molecule has 1 aliphatic carbocycles. The minimum Gasteiger partial charge on any atom is -0.389 e. The van der Waals surface area contributed by atoms with Crippen LogP contribution in [0, 0.1) is 11.3 Å². The highest BCUT2D eigenvalue weighted by Crippen LogP contribution is 2.43. The summed E-state index contributed by atoms with van der Waals surface area (Å²) < 4.78 is 0. The number of hydrogen-bond acceptors (Lipinski definition) is 1. The van der Waals surface area contributed by atoms with Crippen molar-refractivity contribution < 1.29 is 5.11 Å². The highest BCUT2D eigenvalue weighted by Gasteiger charge is 2.30. The molecule has 0 aliphatic heterocycles. The van der Waals surface area contributed by atoms with Gasteiger partial charge in [-0.25, -0.2) is 0 Å². The summed E-state index contributed by atoms with van der Waals surface area (Å²) in [5, 5.41) is 9.70. The van der Waals surface area contributed by atoms with E-state index in [9.17, 15) is 5.11 Å². The Hall–Kier alpha value is -0.820. The van der Waals surface area contributed by atoms with Gasteiger partial charge in [-0.1, -0.05) is 45.0 Å². The molecule has 1 nitrogen and oxygen atoms in total. The number of aliphatic hydroxyl groups is 1. The van der Waals surface area contributed by atoms with E-state index >= 15 is 0 Å². The quantitative estimate of drug-likeness (QED) is 0.788. The van der Waals surface area contributed by atoms with Gasteiger partial charge in [0.15, 0.2) is 0 Å². The topological polar surface area (TPSA) is 20.2 Å². The molecule has 1 aromatic rings. The molecule has 1 fully saturated rings. The zero-order chi connectivity index (χ0) is 14.0. The molecule has 0 radical (unpaired) electrons. The molecular weight excluding hydrogens is 232 g/mol. The molecule has 1 atom stereocenters. The average Bonchev–Trinajstić information content (AvgIpc) is 2.38. The Labute approximate surface area is 118 Å². The lowest BCUT2D eigenvalue weighted by atomic mass is 9.68. The monoisotopic (exact) mass is 260 g/mol. The van der Waals surface area contributed by atoms with Crippen LogP contribution in [0.2, 0.25) is 0 Å². The van der Waals surface area contributed by atoms with Gasteiger partial charge in [0.05, 0.1) is 6.10 Å². The summed E-state index contributed by atoms with van der Waals surface area (Å²) in [6.45, 7) is 8.94. The molecule has 1 saturated carbocycles. The fraction of sp³-hybridized carbons (Fsp3) is 0.667. The molecule has 0 bridgehead atoms. The number of aliphatic hydroxyl groups excluding tert-OH is 1. The van der Waals surface area contributed by atoms with Crippen LogP contribution in [0.3, 0.4) is 0 Å². The third kappa shape index (κ3) is 3.60. The van der Waals surface area contributed by atoms with E-state index in [0.717, 1.165) is 11.5 Å². The van der Waals surface area contributed by atoms with Crippen molar-refractivity contribution in [2.24, 2.45) is 11.3 Å². The molecule has 0 spiro atoms. The van der Waals surface area contributed by atoms with Crippen molar-refractivity contribution >= 4 is 0 Å². The predicted octanol–water partition coefficient (Wildman–Crippen LogP) is 5.06. The summed E-state index contributed by atoms with van der Waals surface area (Å²) in [5.74, 6) is 1.56. The molecule has 1 N–H and O–H groups in total. The van der Waals surface area contributed by atoms with Crippen LogP contribution in [0.5, 0.6) is 0 Å². The molecule has 1 unspecified atom stereocenters. The van der Waals surface area contributed by atoms with E-state index in [4.69, 9.17) is 0 Å². The lowest BCUT2D eigenvalue weighted by Crippen LogP contribution is -2.25. The molecular formula is C18H28O. The molecule has 1 aliphatic rings. The molecule has 1 heteroatoms. The number of hydrogen-bond donors (Lipinski definition) is 1. The van der Waals surface area contributed by atoms with Crippen molar-refractivity contribution in [1.82, 2.24) is 0 Å². The second kappa shape index (κ2) is 5.66. The molecule has 0 saturated heterocycles. The van der Waals surface area contributed by atoms with Crippen LogP contribution < -0.4 is 0 Å². The number of benzene rings is 1. The van der Waals surface area contributed by atoms with Crippen LogP contribution in [0.15, 0.2) is 24.3 Å².